The van der Waals surface area contributed by atoms with Crippen molar-refractivity contribution in [2.75, 3.05) is 6.54 Å². The van der Waals surface area contributed by atoms with Gasteiger partial charge in [0.1, 0.15) is 0 Å². The average Bonchev–Trinajstić information content (AvgIpc) is 2.01. The fraction of sp³-hybridized carbons (Fsp3) is 0.889. The molecule has 0 aromatic rings. The van der Waals surface area contributed by atoms with E-state index in [1.54, 1.807) is 6.92 Å². The van der Waals surface area contributed by atoms with Crippen LogP contribution in [0.25, 0.3) is 0 Å². The summed E-state index contributed by atoms with van der Waals surface area (Å²) < 4.78 is 0. The van der Waals surface area contributed by atoms with E-state index < -0.39 is 6.10 Å². The van der Waals surface area contributed by atoms with Crippen LogP contribution in [0.1, 0.15) is 33.1 Å². The summed E-state index contributed by atoms with van der Waals surface area (Å²) in [7, 11) is 0. The van der Waals surface area contributed by atoms with Gasteiger partial charge in [-0.3, -0.25) is 4.79 Å². The van der Waals surface area contributed by atoms with Crippen molar-refractivity contribution in [2.45, 2.75) is 45.3 Å². The molecule has 0 aliphatic heterocycles. The van der Waals surface area contributed by atoms with Gasteiger partial charge in [-0.15, -0.1) is 0 Å². The van der Waals surface area contributed by atoms with E-state index in [0.29, 0.717) is 13.0 Å². The molecule has 4 N–H and O–H groups in total. The van der Waals surface area contributed by atoms with Crippen LogP contribution in [0, 0.1) is 0 Å². The lowest BCUT2D eigenvalue weighted by Crippen LogP contribution is -2.35. The van der Waals surface area contributed by atoms with Crippen LogP contribution >= 0.6 is 0 Å². The first-order valence-corrected chi connectivity index (χ1v) is 4.76. The number of nitrogens with one attached hydrogen (secondary N) is 1. The van der Waals surface area contributed by atoms with E-state index >= 15 is 0 Å². The molecule has 0 bridgehead atoms. The molecule has 0 aromatic carbocycles. The summed E-state index contributed by atoms with van der Waals surface area (Å²) in [5, 5.41) is 11.5. The Kier molecular flexibility index (Phi) is 6.54. The highest BCUT2D eigenvalue weighted by molar-refractivity contribution is 5.76. The van der Waals surface area contributed by atoms with E-state index in [4.69, 9.17) is 10.8 Å². The molecule has 2 unspecified atom stereocenters. The number of carbonyl (C=O) groups is 1. The van der Waals surface area contributed by atoms with Crippen molar-refractivity contribution < 1.29 is 9.90 Å². The number of hydrogen-bond donors (Lipinski definition) is 3. The Morgan fingerprint density at radius 1 is 1.62 bits per heavy atom. The Morgan fingerprint density at radius 3 is 2.69 bits per heavy atom. The van der Waals surface area contributed by atoms with E-state index in [1.165, 1.54) is 0 Å². The van der Waals surface area contributed by atoms with Gasteiger partial charge in [0.25, 0.3) is 0 Å². The minimum Gasteiger partial charge on any atom is -0.392 e. The Bertz CT molecular complexity index is 149. The van der Waals surface area contributed by atoms with E-state index in [2.05, 4.69) is 5.32 Å². The molecule has 0 heterocycles. The number of carbonyl (C=O) groups excluding carboxylic acids is 1. The molecule has 0 fully saturated rings. The molecule has 0 aliphatic carbocycles. The first-order chi connectivity index (χ1) is 6.06. The second-order valence-electron chi connectivity index (χ2n) is 3.41. The van der Waals surface area contributed by atoms with Gasteiger partial charge in [0, 0.05) is 19.0 Å². The summed E-state index contributed by atoms with van der Waals surface area (Å²) in [6, 6.07) is -0.0565. The van der Waals surface area contributed by atoms with Crippen LogP contribution in [0.2, 0.25) is 0 Å². The maximum absolute atomic E-state index is 11.1. The van der Waals surface area contributed by atoms with Gasteiger partial charge in [-0.2, -0.15) is 0 Å². The van der Waals surface area contributed by atoms with Crippen LogP contribution in [0.3, 0.4) is 0 Å². The SMILES string of the molecule is CCCC(N)CC(=O)NCC(C)O. The molecule has 1 amide bonds. The Morgan fingerprint density at radius 2 is 2.23 bits per heavy atom. The monoisotopic (exact) mass is 188 g/mol. The quantitative estimate of drug-likeness (QED) is 0.549. The number of nitrogens with two attached hydrogens (primary N) is 1. The second kappa shape index (κ2) is 6.86. The minimum atomic E-state index is -0.494. The molecule has 0 aromatic heterocycles. The molecular formula is C9H20N2O2. The molecule has 0 radical (unpaired) electrons. The van der Waals surface area contributed by atoms with E-state index in [0.717, 1.165) is 12.8 Å². The Labute approximate surface area is 79.5 Å². The maximum Gasteiger partial charge on any atom is 0.221 e. The van der Waals surface area contributed by atoms with Crippen molar-refractivity contribution in [2.24, 2.45) is 5.73 Å². The molecule has 0 spiro atoms. The van der Waals surface area contributed by atoms with Crippen LogP contribution < -0.4 is 11.1 Å². The molecule has 0 saturated heterocycles. The molecular weight excluding hydrogens is 168 g/mol. The highest BCUT2D eigenvalue weighted by Gasteiger charge is 2.08. The number of aliphatic hydroxyl groups is 1. The zero-order chi connectivity index (χ0) is 10.3. The van der Waals surface area contributed by atoms with Crippen LogP contribution in [-0.2, 0) is 4.79 Å². The van der Waals surface area contributed by atoms with Gasteiger partial charge in [0.2, 0.25) is 5.91 Å². The lowest BCUT2D eigenvalue weighted by atomic mass is 10.1. The fourth-order valence-corrected chi connectivity index (χ4v) is 1.04. The molecule has 4 nitrogen and oxygen atoms in total. The van der Waals surface area contributed by atoms with E-state index in [-0.39, 0.29) is 11.9 Å². The minimum absolute atomic E-state index is 0.0565. The Balaban J connectivity index is 3.50. The van der Waals surface area contributed by atoms with Gasteiger partial charge in [-0.05, 0) is 13.3 Å². The average molecular weight is 188 g/mol. The number of amides is 1. The summed E-state index contributed by atoms with van der Waals surface area (Å²) in [6.07, 6.45) is 1.71. The molecule has 0 aliphatic rings. The first-order valence-electron chi connectivity index (χ1n) is 4.76. The molecule has 4 heteroatoms. The summed E-state index contributed by atoms with van der Waals surface area (Å²) in [5.41, 5.74) is 5.67. The number of rotatable bonds is 6. The van der Waals surface area contributed by atoms with Crippen LogP contribution in [-0.4, -0.2) is 29.7 Å². The van der Waals surface area contributed by atoms with Crippen molar-refractivity contribution in [3.63, 3.8) is 0 Å². The van der Waals surface area contributed by atoms with Crippen LogP contribution in [0.5, 0.6) is 0 Å². The lowest BCUT2D eigenvalue weighted by Gasteiger charge is -2.11. The van der Waals surface area contributed by atoms with Crippen LogP contribution in [0.4, 0.5) is 0 Å². The van der Waals surface area contributed by atoms with Crippen molar-refractivity contribution in [1.82, 2.24) is 5.32 Å². The normalized spacial score (nSPS) is 15.1. The largest absolute Gasteiger partial charge is 0.392 e. The third-order valence-electron chi connectivity index (χ3n) is 1.70. The predicted octanol–water partition coefficient (Wildman–Crippen LogP) is 0.000900. The smallest absolute Gasteiger partial charge is 0.221 e. The van der Waals surface area contributed by atoms with Gasteiger partial charge in [0.15, 0.2) is 0 Å². The molecule has 2 atom stereocenters. The predicted molar refractivity (Wildman–Crippen MR) is 52.2 cm³/mol. The standard InChI is InChI=1S/C9H20N2O2/c1-3-4-8(10)5-9(13)11-6-7(2)12/h7-8,12H,3-6,10H2,1-2H3,(H,11,13). The summed E-state index contributed by atoms with van der Waals surface area (Å²) in [4.78, 5) is 11.1. The van der Waals surface area contributed by atoms with E-state index in [9.17, 15) is 4.79 Å². The van der Waals surface area contributed by atoms with Crippen molar-refractivity contribution in [3.05, 3.63) is 0 Å². The topological polar surface area (TPSA) is 75.4 Å². The third kappa shape index (κ3) is 7.74. The molecule has 0 saturated carbocycles. The molecule has 0 rings (SSSR count). The van der Waals surface area contributed by atoms with Crippen molar-refractivity contribution in [3.8, 4) is 0 Å². The van der Waals surface area contributed by atoms with Gasteiger partial charge in [-0.1, -0.05) is 13.3 Å². The van der Waals surface area contributed by atoms with Crippen molar-refractivity contribution >= 4 is 5.91 Å². The Hall–Kier alpha value is -0.610. The van der Waals surface area contributed by atoms with E-state index in [1.807, 2.05) is 6.92 Å². The van der Waals surface area contributed by atoms with Gasteiger partial charge in [0.05, 0.1) is 6.10 Å². The van der Waals surface area contributed by atoms with Gasteiger partial charge >= 0.3 is 0 Å². The number of hydrogen-bond acceptors (Lipinski definition) is 3. The van der Waals surface area contributed by atoms with Gasteiger partial charge < -0.3 is 16.2 Å². The zero-order valence-electron chi connectivity index (χ0n) is 8.42. The van der Waals surface area contributed by atoms with Crippen LogP contribution in [0.15, 0.2) is 0 Å². The summed E-state index contributed by atoms with van der Waals surface area (Å²) in [6.45, 7) is 3.97. The number of aliphatic hydroxyl groups excluding tert-OH is 1. The molecule has 78 valence electrons. The maximum atomic E-state index is 11.1. The molecule has 13 heavy (non-hydrogen) atoms. The second-order valence-corrected chi connectivity index (χ2v) is 3.41. The van der Waals surface area contributed by atoms with Crippen molar-refractivity contribution in [1.29, 1.82) is 0 Å². The summed E-state index contributed by atoms with van der Waals surface area (Å²) >= 11 is 0. The highest BCUT2D eigenvalue weighted by atomic mass is 16.3. The highest BCUT2D eigenvalue weighted by Crippen LogP contribution is 1.97. The fourth-order valence-electron chi connectivity index (χ4n) is 1.04. The third-order valence-corrected chi connectivity index (χ3v) is 1.70. The first kappa shape index (κ1) is 12.4. The zero-order valence-corrected chi connectivity index (χ0v) is 8.42. The lowest BCUT2D eigenvalue weighted by molar-refractivity contribution is -0.121. The van der Waals surface area contributed by atoms with Gasteiger partial charge in [-0.25, -0.2) is 0 Å². The summed E-state index contributed by atoms with van der Waals surface area (Å²) in [5.74, 6) is -0.0816.